The maximum Gasteiger partial charge on any atom is 0.120 e. The molecule has 0 saturated carbocycles. The Hall–Kier alpha value is -0.840. The molecule has 1 aromatic rings. The van der Waals surface area contributed by atoms with Crippen molar-refractivity contribution in [2.24, 2.45) is 0 Å². The molecule has 2 unspecified atom stereocenters. The van der Waals surface area contributed by atoms with Gasteiger partial charge in [-0.3, -0.25) is 0 Å². The van der Waals surface area contributed by atoms with E-state index in [0.717, 1.165) is 5.76 Å². The minimum Gasteiger partial charge on any atom is -0.468 e. The molecule has 0 saturated heterocycles. The summed E-state index contributed by atoms with van der Waals surface area (Å²) < 4.78 is 10.4. The van der Waals surface area contributed by atoms with Crippen LogP contribution in [0.1, 0.15) is 25.1 Å². The van der Waals surface area contributed by atoms with Crippen molar-refractivity contribution in [3.8, 4) is 0 Å². The topological polar surface area (TPSA) is 54.6 Å². The average molecular weight is 213 g/mol. The van der Waals surface area contributed by atoms with Crippen LogP contribution in [-0.2, 0) is 4.74 Å². The highest BCUT2D eigenvalue weighted by atomic mass is 16.5. The van der Waals surface area contributed by atoms with E-state index in [1.54, 1.807) is 13.4 Å². The van der Waals surface area contributed by atoms with Gasteiger partial charge in [-0.1, -0.05) is 0 Å². The Morgan fingerprint density at radius 2 is 2.40 bits per heavy atom. The van der Waals surface area contributed by atoms with Crippen LogP contribution in [0.15, 0.2) is 22.8 Å². The summed E-state index contributed by atoms with van der Waals surface area (Å²) in [6.07, 6.45) is 2.34. The summed E-state index contributed by atoms with van der Waals surface area (Å²) in [6.45, 7) is 2.77. The van der Waals surface area contributed by atoms with E-state index in [1.165, 1.54) is 0 Å². The molecule has 0 amide bonds. The van der Waals surface area contributed by atoms with E-state index in [4.69, 9.17) is 14.3 Å². The Morgan fingerprint density at radius 1 is 1.60 bits per heavy atom. The van der Waals surface area contributed by atoms with Crippen molar-refractivity contribution in [3.63, 3.8) is 0 Å². The minimum absolute atomic E-state index is 0.131. The van der Waals surface area contributed by atoms with Crippen LogP contribution in [-0.4, -0.2) is 31.5 Å². The number of hydrogen-bond acceptors (Lipinski definition) is 4. The molecule has 15 heavy (non-hydrogen) atoms. The van der Waals surface area contributed by atoms with Crippen molar-refractivity contribution in [2.75, 3.05) is 20.3 Å². The van der Waals surface area contributed by atoms with Gasteiger partial charge in [0.25, 0.3) is 0 Å². The lowest BCUT2D eigenvalue weighted by Crippen LogP contribution is -2.35. The Balaban J connectivity index is 2.43. The first-order valence-corrected chi connectivity index (χ1v) is 5.17. The van der Waals surface area contributed by atoms with Crippen LogP contribution >= 0.6 is 0 Å². The first kappa shape index (κ1) is 12.2. The van der Waals surface area contributed by atoms with Crippen molar-refractivity contribution in [2.45, 2.75) is 25.4 Å². The van der Waals surface area contributed by atoms with Crippen LogP contribution in [0.2, 0.25) is 0 Å². The highest BCUT2D eigenvalue weighted by Gasteiger charge is 2.14. The van der Waals surface area contributed by atoms with Crippen LogP contribution in [0.3, 0.4) is 0 Å². The molecule has 0 aliphatic heterocycles. The van der Waals surface area contributed by atoms with Gasteiger partial charge in [0.2, 0.25) is 0 Å². The highest BCUT2D eigenvalue weighted by Crippen LogP contribution is 2.13. The van der Waals surface area contributed by atoms with E-state index in [1.807, 2.05) is 19.1 Å². The minimum atomic E-state index is 0.131. The number of ether oxygens (including phenoxy) is 1. The number of aliphatic hydroxyl groups is 1. The zero-order valence-electron chi connectivity index (χ0n) is 9.27. The maximum atomic E-state index is 8.89. The van der Waals surface area contributed by atoms with E-state index >= 15 is 0 Å². The van der Waals surface area contributed by atoms with E-state index < -0.39 is 0 Å². The summed E-state index contributed by atoms with van der Waals surface area (Å²) in [5.74, 6) is 0.897. The van der Waals surface area contributed by atoms with Gasteiger partial charge in [-0.15, -0.1) is 0 Å². The molecule has 4 heteroatoms. The molecule has 0 spiro atoms. The molecule has 86 valence electrons. The van der Waals surface area contributed by atoms with Crippen molar-refractivity contribution in [3.05, 3.63) is 24.2 Å². The number of nitrogens with one attached hydrogen (secondary N) is 1. The SMILES string of the molecule is COCC(CCO)NC(C)c1ccco1. The molecule has 0 aromatic carbocycles. The molecular formula is C11H19NO3. The third kappa shape index (κ3) is 4.03. The second-order valence-electron chi connectivity index (χ2n) is 3.57. The lowest BCUT2D eigenvalue weighted by molar-refractivity contribution is 0.141. The molecular weight excluding hydrogens is 194 g/mol. The summed E-state index contributed by atoms with van der Waals surface area (Å²) in [5, 5.41) is 12.2. The maximum absolute atomic E-state index is 8.89. The quantitative estimate of drug-likeness (QED) is 0.717. The third-order valence-electron chi connectivity index (χ3n) is 2.30. The summed E-state index contributed by atoms with van der Waals surface area (Å²) >= 11 is 0. The molecule has 4 nitrogen and oxygen atoms in total. The van der Waals surface area contributed by atoms with Gasteiger partial charge in [0, 0.05) is 19.8 Å². The molecule has 0 fully saturated rings. The molecule has 0 radical (unpaired) electrons. The van der Waals surface area contributed by atoms with Crippen molar-refractivity contribution >= 4 is 0 Å². The monoisotopic (exact) mass is 213 g/mol. The highest BCUT2D eigenvalue weighted by molar-refractivity contribution is 5.03. The third-order valence-corrected chi connectivity index (χ3v) is 2.30. The van der Waals surface area contributed by atoms with Crippen LogP contribution in [0, 0.1) is 0 Å². The fourth-order valence-corrected chi connectivity index (χ4v) is 1.55. The molecule has 0 aliphatic carbocycles. The molecule has 2 N–H and O–H groups in total. The van der Waals surface area contributed by atoms with Crippen LogP contribution in [0.5, 0.6) is 0 Å². The summed E-state index contributed by atoms with van der Waals surface area (Å²) in [5.41, 5.74) is 0. The zero-order valence-corrected chi connectivity index (χ0v) is 9.27. The van der Waals surface area contributed by atoms with Gasteiger partial charge in [-0.25, -0.2) is 0 Å². The fourth-order valence-electron chi connectivity index (χ4n) is 1.55. The number of hydrogen-bond donors (Lipinski definition) is 2. The van der Waals surface area contributed by atoms with E-state index in [0.29, 0.717) is 13.0 Å². The van der Waals surface area contributed by atoms with Gasteiger partial charge < -0.3 is 19.6 Å². The first-order chi connectivity index (χ1) is 7.27. The number of rotatable bonds is 7. The van der Waals surface area contributed by atoms with E-state index in [-0.39, 0.29) is 18.7 Å². The van der Waals surface area contributed by atoms with E-state index in [9.17, 15) is 0 Å². The van der Waals surface area contributed by atoms with Gasteiger partial charge in [0.05, 0.1) is 18.9 Å². The zero-order chi connectivity index (χ0) is 11.1. The van der Waals surface area contributed by atoms with Gasteiger partial charge in [0.15, 0.2) is 0 Å². The lowest BCUT2D eigenvalue weighted by atomic mass is 10.1. The predicted molar refractivity (Wildman–Crippen MR) is 57.6 cm³/mol. The number of aliphatic hydroxyl groups excluding tert-OH is 1. The van der Waals surface area contributed by atoms with Gasteiger partial charge in [-0.2, -0.15) is 0 Å². The van der Waals surface area contributed by atoms with Crippen LogP contribution in [0.25, 0.3) is 0 Å². The second kappa shape index (κ2) is 6.61. The second-order valence-corrected chi connectivity index (χ2v) is 3.57. The largest absolute Gasteiger partial charge is 0.468 e. The molecule has 1 heterocycles. The predicted octanol–water partition coefficient (Wildman–Crippen LogP) is 1.33. The number of methoxy groups -OCH3 is 1. The first-order valence-electron chi connectivity index (χ1n) is 5.17. The average Bonchev–Trinajstić information content (AvgIpc) is 2.71. The molecule has 2 atom stereocenters. The molecule has 1 aromatic heterocycles. The van der Waals surface area contributed by atoms with Crippen molar-refractivity contribution < 1.29 is 14.3 Å². The fraction of sp³-hybridized carbons (Fsp3) is 0.636. The molecule has 0 bridgehead atoms. The van der Waals surface area contributed by atoms with Crippen molar-refractivity contribution in [1.82, 2.24) is 5.32 Å². The Kier molecular flexibility index (Phi) is 5.39. The lowest BCUT2D eigenvalue weighted by Gasteiger charge is -2.20. The normalized spacial score (nSPS) is 15.1. The standard InChI is InChI=1S/C11H19NO3/c1-9(11-4-3-7-15-11)12-10(5-6-13)8-14-2/h3-4,7,9-10,12-13H,5-6,8H2,1-2H3. The Morgan fingerprint density at radius 3 is 2.93 bits per heavy atom. The summed E-state index contributed by atoms with van der Waals surface area (Å²) in [7, 11) is 1.66. The number of furan rings is 1. The van der Waals surface area contributed by atoms with Gasteiger partial charge in [-0.05, 0) is 25.5 Å². The van der Waals surface area contributed by atoms with Crippen LogP contribution < -0.4 is 5.32 Å². The summed E-state index contributed by atoms with van der Waals surface area (Å²) in [4.78, 5) is 0. The van der Waals surface area contributed by atoms with Crippen molar-refractivity contribution in [1.29, 1.82) is 0 Å². The van der Waals surface area contributed by atoms with E-state index in [2.05, 4.69) is 5.32 Å². The van der Waals surface area contributed by atoms with Gasteiger partial charge >= 0.3 is 0 Å². The smallest absolute Gasteiger partial charge is 0.120 e. The Bertz CT molecular complexity index is 242. The summed E-state index contributed by atoms with van der Waals surface area (Å²) in [6, 6.07) is 4.08. The van der Waals surface area contributed by atoms with Crippen LogP contribution in [0.4, 0.5) is 0 Å². The Labute approximate surface area is 90.2 Å². The molecule has 1 rings (SSSR count). The van der Waals surface area contributed by atoms with Gasteiger partial charge in [0.1, 0.15) is 5.76 Å². The molecule has 0 aliphatic rings.